The minimum absolute atomic E-state index is 0.0830. The minimum atomic E-state index is 0.0830. The van der Waals surface area contributed by atoms with Crippen LogP contribution in [0.5, 0.6) is 5.75 Å². The fraction of sp³-hybridized carbons (Fsp3) is 0.526. The van der Waals surface area contributed by atoms with E-state index >= 15 is 0 Å². The lowest BCUT2D eigenvalue weighted by atomic mass is 9.73. The molecule has 3 atom stereocenters. The van der Waals surface area contributed by atoms with Gasteiger partial charge < -0.3 is 19.7 Å². The normalized spacial score (nSPS) is 31.9. The maximum atomic E-state index is 12.9. The van der Waals surface area contributed by atoms with Crippen molar-refractivity contribution in [3.8, 4) is 5.75 Å². The van der Waals surface area contributed by atoms with Gasteiger partial charge in [-0.05, 0) is 37.0 Å². The first-order chi connectivity index (χ1) is 11.6. The number of phenols is 1. The number of aryl methyl sites for hydroxylation is 1. The van der Waals surface area contributed by atoms with E-state index in [0.29, 0.717) is 12.5 Å². The number of carbonyl (C=O) groups excluding carboxylic acids is 1. The molecule has 3 aliphatic rings. The minimum Gasteiger partial charge on any atom is -0.508 e. The van der Waals surface area contributed by atoms with Crippen molar-refractivity contribution in [2.45, 2.75) is 44.8 Å². The number of carbonyl (C=O) groups is 1. The van der Waals surface area contributed by atoms with Gasteiger partial charge in [-0.3, -0.25) is 4.79 Å². The quantitative estimate of drug-likeness (QED) is 0.791. The zero-order valence-corrected chi connectivity index (χ0v) is 13.8. The number of nitrogens with one attached hydrogen (secondary N) is 1. The van der Waals surface area contributed by atoms with E-state index in [1.54, 1.807) is 12.1 Å². The molecule has 2 N–H and O–H groups in total. The van der Waals surface area contributed by atoms with Gasteiger partial charge in [-0.25, -0.2) is 0 Å². The van der Waals surface area contributed by atoms with Crippen LogP contribution in [0.1, 0.15) is 31.0 Å². The SMILES string of the molecule is CC[C@@]12CCc3[nH]c4cc(O)ccc4c3CC(=O)N(C[C@H]3O[C@H]31)C2. The van der Waals surface area contributed by atoms with Crippen LogP contribution in [0.15, 0.2) is 18.2 Å². The molecule has 1 aromatic carbocycles. The van der Waals surface area contributed by atoms with Gasteiger partial charge in [0.15, 0.2) is 0 Å². The summed E-state index contributed by atoms with van der Waals surface area (Å²) in [6.07, 6.45) is 3.98. The van der Waals surface area contributed by atoms with E-state index in [0.717, 1.165) is 54.5 Å². The van der Waals surface area contributed by atoms with Gasteiger partial charge in [-0.1, -0.05) is 6.92 Å². The molecule has 2 saturated heterocycles. The number of nitrogens with zero attached hydrogens (tertiary/aromatic N) is 1. The molecule has 2 aromatic rings. The first-order valence-corrected chi connectivity index (χ1v) is 8.85. The van der Waals surface area contributed by atoms with E-state index in [2.05, 4.69) is 11.9 Å². The lowest BCUT2D eigenvalue weighted by Gasteiger charge is -2.39. The number of fused-ring (bicyclic) bond motifs is 7. The van der Waals surface area contributed by atoms with Gasteiger partial charge in [0.25, 0.3) is 0 Å². The van der Waals surface area contributed by atoms with Crippen LogP contribution in [-0.4, -0.2) is 46.2 Å². The number of piperidine rings is 1. The van der Waals surface area contributed by atoms with Crippen LogP contribution < -0.4 is 0 Å². The molecular formula is C19H22N2O3. The number of rotatable bonds is 1. The number of aromatic hydroxyl groups is 1. The average Bonchev–Trinajstić information content (AvgIpc) is 3.28. The number of benzene rings is 1. The molecule has 0 spiro atoms. The van der Waals surface area contributed by atoms with Gasteiger partial charge in [0.1, 0.15) is 11.9 Å². The van der Waals surface area contributed by atoms with Crippen LogP contribution in [0.25, 0.3) is 10.9 Å². The van der Waals surface area contributed by atoms with Crippen molar-refractivity contribution in [2.24, 2.45) is 5.41 Å². The third kappa shape index (κ3) is 1.94. The Bertz CT molecular complexity index is 842. The molecule has 2 bridgehead atoms. The number of hydrogen-bond donors (Lipinski definition) is 2. The van der Waals surface area contributed by atoms with E-state index in [1.165, 1.54) is 0 Å². The second-order valence-corrected chi connectivity index (χ2v) is 7.57. The first kappa shape index (κ1) is 14.3. The second-order valence-electron chi connectivity index (χ2n) is 7.57. The summed E-state index contributed by atoms with van der Waals surface area (Å²) in [4.78, 5) is 18.4. The van der Waals surface area contributed by atoms with E-state index in [1.807, 2.05) is 11.0 Å². The molecule has 0 saturated carbocycles. The summed E-state index contributed by atoms with van der Waals surface area (Å²) in [5.74, 6) is 0.444. The Labute approximate surface area is 140 Å². The van der Waals surface area contributed by atoms with Crippen LogP contribution in [-0.2, 0) is 22.4 Å². The summed E-state index contributed by atoms with van der Waals surface area (Å²) in [6.45, 7) is 3.78. The van der Waals surface area contributed by atoms with E-state index in [9.17, 15) is 9.90 Å². The Morgan fingerprint density at radius 2 is 2.33 bits per heavy atom. The van der Waals surface area contributed by atoms with Gasteiger partial charge in [-0.15, -0.1) is 0 Å². The summed E-state index contributed by atoms with van der Waals surface area (Å²) < 4.78 is 5.91. The highest BCUT2D eigenvalue weighted by Crippen LogP contribution is 2.49. The molecule has 0 radical (unpaired) electrons. The molecule has 3 aliphatic heterocycles. The molecule has 5 rings (SSSR count). The van der Waals surface area contributed by atoms with Crippen molar-refractivity contribution in [3.05, 3.63) is 29.5 Å². The molecule has 126 valence electrons. The number of H-pyrrole nitrogens is 1. The van der Waals surface area contributed by atoms with Crippen molar-refractivity contribution in [1.82, 2.24) is 9.88 Å². The van der Waals surface area contributed by atoms with Crippen molar-refractivity contribution < 1.29 is 14.6 Å². The maximum absolute atomic E-state index is 12.9. The van der Waals surface area contributed by atoms with Gasteiger partial charge in [0.2, 0.25) is 5.91 Å². The van der Waals surface area contributed by atoms with Crippen LogP contribution in [0.4, 0.5) is 0 Å². The summed E-state index contributed by atoms with van der Waals surface area (Å²) >= 11 is 0. The second kappa shape index (κ2) is 4.76. The number of aromatic amines is 1. The maximum Gasteiger partial charge on any atom is 0.227 e. The first-order valence-electron chi connectivity index (χ1n) is 8.85. The van der Waals surface area contributed by atoms with Gasteiger partial charge >= 0.3 is 0 Å². The molecule has 0 unspecified atom stereocenters. The Morgan fingerprint density at radius 3 is 3.17 bits per heavy atom. The number of hydrogen-bond acceptors (Lipinski definition) is 3. The summed E-state index contributed by atoms with van der Waals surface area (Å²) in [6, 6.07) is 5.36. The predicted molar refractivity (Wildman–Crippen MR) is 90.0 cm³/mol. The topological polar surface area (TPSA) is 68.9 Å². The third-order valence-corrected chi connectivity index (χ3v) is 6.33. The number of phenolic OH excluding ortho intramolecular Hbond substituents is 1. The number of ether oxygens (including phenoxy) is 1. The predicted octanol–water partition coefficient (Wildman–Crippen LogP) is 2.37. The molecule has 2 fully saturated rings. The summed E-state index contributed by atoms with van der Waals surface area (Å²) in [7, 11) is 0. The van der Waals surface area contributed by atoms with E-state index in [-0.39, 0.29) is 23.2 Å². The molecule has 4 heterocycles. The van der Waals surface area contributed by atoms with Crippen LogP contribution in [0.3, 0.4) is 0 Å². The third-order valence-electron chi connectivity index (χ3n) is 6.33. The number of aromatic nitrogens is 1. The van der Waals surface area contributed by atoms with Crippen molar-refractivity contribution in [3.63, 3.8) is 0 Å². The molecule has 5 heteroatoms. The van der Waals surface area contributed by atoms with Crippen molar-refractivity contribution in [1.29, 1.82) is 0 Å². The molecule has 0 aliphatic carbocycles. The van der Waals surface area contributed by atoms with Gasteiger partial charge in [0, 0.05) is 41.2 Å². The fourth-order valence-electron chi connectivity index (χ4n) is 4.82. The van der Waals surface area contributed by atoms with Crippen LogP contribution in [0.2, 0.25) is 0 Å². The zero-order valence-electron chi connectivity index (χ0n) is 13.8. The summed E-state index contributed by atoms with van der Waals surface area (Å²) in [5.41, 5.74) is 3.24. The lowest BCUT2D eigenvalue weighted by Crippen LogP contribution is -2.50. The van der Waals surface area contributed by atoms with Crippen molar-refractivity contribution >= 4 is 16.8 Å². The molecule has 1 aromatic heterocycles. The smallest absolute Gasteiger partial charge is 0.227 e. The van der Waals surface area contributed by atoms with E-state index in [4.69, 9.17) is 4.74 Å². The van der Waals surface area contributed by atoms with E-state index < -0.39 is 0 Å². The molecule has 24 heavy (non-hydrogen) atoms. The largest absolute Gasteiger partial charge is 0.508 e. The summed E-state index contributed by atoms with van der Waals surface area (Å²) in [5, 5.41) is 10.8. The van der Waals surface area contributed by atoms with Crippen LogP contribution >= 0.6 is 0 Å². The standard InChI is InChI=1S/C19H22N2O3/c1-2-19-6-5-14-13(12-4-3-11(22)7-15(12)20-14)8-17(23)21(10-19)9-16-18(19)24-16/h3-4,7,16,18,20,22H,2,5-6,8-10H2,1H3/t16-,18-,19+/m1/s1. The molecule has 1 amide bonds. The average molecular weight is 326 g/mol. The Kier molecular flexibility index (Phi) is 2.84. The number of amides is 1. The highest BCUT2D eigenvalue weighted by atomic mass is 16.6. The van der Waals surface area contributed by atoms with Crippen molar-refractivity contribution in [2.75, 3.05) is 13.1 Å². The number of epoxide rings is 1. The Hall–Kier alpha value is -2.01. The molecular weight excluding hydrogens is 304 g/mol. The lowest BCUT2D eigenvalue weighted by molar-refractivity contribution is -0.133. The van der Waals surface area contributed by atoms with Crippen LogP contribution in [0, 0.1) is 5.41 Å². The Balaban J connectivity index is 1.62. The Morgan fingerprint density at radius 1 is 1.46 bits per heavy atom. The highest BCUT2D eigenvalue weighted by molar-refractivity contribution is 5.91. The van der Waals surface area contributed by atoms with Gasteiger partial charge in [-0.2, -0.15) is 0 Å². The fourth-order valence-corrected chi connectivity index (χ4v) is 4.82. The monoisotopic (exact) mass is 326 g/mol. The zero-order chi connectivity index (χ0) is 16.5. The van der Waals surface area contributed by atoms with Gasteiger partial charge in [0.05, 0.1) is 12.5 Å². The molecule has 5 nitrogen and oxygen atoms in total. The highest BCUT2D eigenvalue weighted by Gasteiger charge is 2.58.